The van der Waals surface area contributed by atoms with Gasteiger partial charge in [-0.3, -0.25) is 0 Å². The molecule has 1 heterocycles. The molecule has 0 saturated carbocycles. The summed E-state index contributed by atoms with van der Waals surface area (Å²) >= 11 is 11.3. The fraction of sp³-hybridized carbons (Fsp3) is 0.133. The first kappa shape index (κ1) is 12.5. The van der Waals surface area contributed by atoms with E-state index >= 15 is 0 Å². The van der Waals surface area contributed by atoms with Crippen molar-refractivity contribution in [3.8, 4) is 0 Å². The third-order valence-electron chi connectivity index (χ3n) is 3.19. The molecule has 0 bridgehead atoms. The molecule has 1 aliphatic rings. The predicted octanol–water partition coefficient (Wildman–Crippen LogP) is 4.64. The molecule has 1 atom stereocenters. The Kier molecular flexibility index (Phi) is 3.40. The fourth-order valence-corrected chi connectivity index (χ4v) is 2.64. The molecule has 96 valence electrons. The number of anilines is 2. The highest BCUT2D eigenvalue weighted by Gasteiger charge is 2.19. The second-order valence-corrected chi connectivity index (χ2v) is 5.48. The summed E-state index contributed by atoms with van der Waals surface area (Å²) in [4.78, 5) is 0.845. The summed E-state index contributed by atoms with van der Waals surface area (Å²) in [6.45, 7) is 0. The summed E-state index contributed by atoms with van der Waals surface area (Å²) in [5.41, 5.74) is 3.29. The van der Waals surface area contributed by atoms with Crippen molar-refractivity contribution >= 4 is 40.2 Å². The summed E-state index contributed by atoms with van der Waals surface area (Å²) in [6.07, 6.45) is 0.769. The molecule has 0 amide bonds. The molecule has 4 heteroatoms. The van der Waals surface area contributed by atoms with E-state index in [2.05, 4.69) is 16.7 Å². The molecule has 3 rings (SSSR count). The largest absolute Gasteiger partial charge is 0.376 e. The van der Waals surface area contributed by atoms with Gasteiger partial charge in [0.25, 0.3) is 0 Å². The van der Waals surface area contributed by atoms with Gasteiger partial charge in [0.15, 0.2) is 0 Å². The van der Waals surface area contributed by atoms with Crippen LogP contribution in [0.25, 0.3) is 0 Å². The van der Waals surface area contributed by atoms with Crippen molar-refractivity contribution in [3.63, 3.8) is 0 Å². The Bertz CT molecular complexity index is 610. The molecule has 2 aromatic rings. The number of nitrogens with one attached hydrogen (secondary N) is 2. The maximum absolute atomic E-state index is 5.93. The number of benzene rings is 2. The van der Waals surface area contributed by atoms with E-state index in [1.54, 1.807) is 0 Å². The Morgan fingerprint density at radius 3 is 2.42 bits per heavy atom. The van der Waals surface area contributed by atoms with Crippen LogP contribution >= 0.6 is 23.8 Å². The Morgan fingerprint density at radius 2 is 1.68 bits per heavy atom. The van der Waals surface area contributed by atoms with E-state index in [1.165, 1.54) is 5.56 Å². The van der Waals surface area contributed by atoms with Crippen LogP contribution in [0, 0.1) is 0 Å². The van der Waals surface area contributed by atoms with Gasteiger partial charge in [0.05, 0.1) is 22.4 Å². The monoisotopic (exact) mass is 288 g/mol. The highest BCUT2D eigenvalue weighted by molar-refractivity contribution is 7.80. The van der Waals surface area contributed by atoms with E-state index in [4.69, 9.17) is 23.8 Å². The molecule has 0 fully saturated rings. The van der Waals surface area contributed by atoms with Crippen molar-refractivity contribution in [1.82, 2.24) is 0 Å². The minimum Gasteiger partial charge on any atom is -0.376 e. The summed E-state index contributed by atoms with van der Waals surface area (Å²) in [6, 6.07) is 16.2. The van der Waals surface area contributed by atoms with E-state index in [1.807, 2.05) is 42.5 Å². The summed E-state index contributed by atoms with van der Waals surface area (Å²) in [7, 11) is 0. The van der Waals surface area contributed by atoms with Gasteiger partial charge >= 0.3 is 0 Å². The standard InChI is InChI=1S/C15H13ClN2S/c16-11-7-5-10(6-8-11)14-9-15(19)18-13-4-2-1-3-12(13)17-14/h1-8,14,17H,9H2,(H,18,19). The van der Waals surface area contributed by atoms with Crippen LogP contribution in [0.3, 0.4) is 0 Å². The Hall–Kier alpha value is -1.58. The maximum Gasteiger partial charge on any atom is 0.0821 e. The lowest BCUT2D eigenvalue weighted by Crippen LogP contribution is -2.14. The van der Waals surface area contributed by atoms with Crippen molar-refractivity contribution in [3.05, 3.63) is 59.1 Å². The average molecular weight is 289 g/mol. The lowest BCUT2D eigenvalue weighted by atomic mass is 10.0. The van der Waals surface area contributed by atoms with Gasteiger partial charge in [-0.25, -0.2) is 0 Å². The lowest BCUT2D eigenvalue weighted by molar-refractivity contribution is 0.833. The van der Waals surface area contributed by atoms with E-state index in [-0.39, 0.29) is 6.04 Å². The second kappa shape index (κ2) is 5.19. The molecule has 0 spiro atoms. The molecule has 0 aromatic heterocycles. The van der Waals surface area contributed by atoms with Crippen LogP contribution in [-0.4, -0.2) is 4.99 Å². The summed E-state index contributed by atoms with van der Waals surface area (Å²) in [5, 5.41) is 7.56. The zero-order valence-electron chi connectivity index (χ0n) is 10.2. The van der Waals surface area contributed by atoms with Gasteiger partial charge in [-0.05, 0) is 29.8 Å². The smallest absolute Gasteiger partial charge is 0.0821 e. The highest BCUT2D eigenvalue weighted by Crippen LogP contribution is 2.32. The van der Waals surface area contributed by atoms with Gasteiger partial charge in [-0.15, -0.1) is 0 Å². The van der Waals surface area contributed by atoms with Crippen molar-refractivity contribution in [2.24, 2.45) is 0 Å². The van der Waals surface area contributed by atoms with Crippen LogP contribution in [0.2, 0.25) is 5.02 Å². The lowest BCUT2D eigenvalue weighted by Gasteiger charge is -2.17. The second-order valence-electron chi connectivity index (χ2n) is 4.55. The predicted molar refractivity (Wildman–Crippen MR) is 85.1 cm³/mol. The van der Waals surface area contributed by atoms with E-state index < -0.39 is 0 Å². The minimum absolute atomic E-state index is 0.168. The van der Waals surface area contributed by atoms with E-state index in [9.17, 15) is 0 Å². The number of hydrogen-bond acceptors (Lipinski definition) is 2. The van der Waals surface area contributed by atoms with Crippen LogP contribution in [-0.2, 0) is 0 Å². The number of thiocarbonyl (C=S) groups is 1. The quantitative estimate of drug-likeness (QED) is 0.748. The molecule has 0 saturated heterocycles. The molecule has 2 nitrogen and oxygen atoms in total. The van der Waals surface area contributed by atoms with Crippen LogP contribution < -0.4 is 10.6 Å². The minimum atomic E-state index is 0.168. The number of para-hydroxylation sites is 2. The molecule has 19 heavy (non-hydrogen) atoms. The number of fused-ring (bicyclic) bond motifs is 1. The van der Waals surface area contributed by atoms with Gasteiger partial charge < -0.3 is 10.6 Å². The van der Waals surface area contributed by atoms with Gasteiger partial charge in [-0.1, -0.05) is 48.1 Å². The molecule has 0 aliphatic carbocycles. The first-order valence-electron chi connectivity index (χ1n) is 6.13. The normalized spacial score (nSPS) is 17.9. The van der Waals surface area contributed by atoms with E-state index in [0.29, 0.717) is 0 Å². The molecule has 1 aliphatic heterocycles. The Balaban J connectivity index is 1.95. The Morgan fingerprint density at radius 1 is 1.00 bits per heavy atom. The van der Waals surface area contributed by atoms with Crippen molar-refractivity contribution in [1.29, 1.82) is 0 Å². The number of hydrogen-bond donors (Lipinski definition) is 2. The molecule has 2 aromatic carbocycles. The van der Waals surface area contributed by atoms with Gasteiger partial charge in [0.1, 0.15) is 0 Å². The van der Waals surface area contributed by atoms with Crippen LogP contribution in [0.15, 0.2) is 48.5 Å². The maximum atomic E-state index is 5.93. The zero-order chi connectivity index (χ0) is 13.2. The molecular formula is C15H13ClN2S. The van der Waals surface area contributed by atoms with Gasteiger partial charge in [0, 0.05) is 11.4 Å². The third kappa shape index (κ3) is 2.72. The highest BCUT2D eigenvalue weighted by atomic mass is 35.5. The Labute approximate surface area is 122 Å². The van der Waals surface area contributed by atoms with Crippen molar-refractivity contribution < 1.29 is 0 Å². The zero-order valence-corrected chi connectivity index (χ0v) is 11.8. The first-order chi connectivity index (χ1) is 9.22. The average Bonchev–Trinajstić information content (AvgIpc) is 2.57. The van der Waals surface area contributed by atoms with Gasteiger partial charge in [-0.2, -0.15) is 0 Å². The van der Waals surface area contributed by atoms with Crippen molar-refractivity contribution in [2.75, 3.05) is 10.6 Å². The molecule has 0 radical (unpaired) electrons. The van der Waals surface area contributed by atoms with Crippen LogP contribution in [0.1, 0.15) is 18.0 Å². The topological polar surface area (TPSA) is 24.1 Å². The summed E-state index contributed by atoms with van der Waals surface area (Å²) in [5.74, 6) is 0. The fourth-order valence-electron chi connectivity index (χ4n) is 2.24. The number of rotatable bonds is 1. The van der Waals surface area contributed by atoms with E-state index in [0.717, 1.165) is 27.8 Å². The summed E-state index contributed by atoms with van der Waals surface area (Å²) < 4.78 is 0. The third-order valence-corrected chi connectivity index (χ3v) is 3.71. The SMILES string of the molecule is S=C1CC(c2ccc(Cl)cc2)Nc2ccccc2N1. The van der Waals surface area contributed by atoms with Gasteiger partial charge in [0.2, 0.25) is 0 Å². The molecular weight excluding hydrogens is 276 g/mol. The van der Waals surface area contributed by atoms with Crippen LogP contribution in [0.5, 0.6) is 0 Å². The van der Waals surface area contributed by atoms with Crippen molar-refractivity contribution in [2.45, 2.75) is 12.5 Å². The molecule has 2 N–H and O–H groups in total. The van der Waals surface area contributed by atoms with Crippen LogP contribution in [0.4, 0.5) is 11.4 Å². The first-order valence-corrected chi connectivity index (χ1v) is 6.92. The molecule has 1 unspecified atom stereocenters. The number of halogens is 1.